The van der Waals surface area contributed by atoms with Gasteiger partial charge < -0.3 is 10.2 Å². The molecule has 1 N–H and O–H groups in total. The van der Waals surface area contributed by atoms with Gasteiger partial charge in [0.25, 0.3) is 0 Å². The third kappa shape index (κ3) is 8.97. The standard InChI is InChI=1S/C28H41N3O4S/c1-8-23-15-17-25(18-16-23)31(36(7,34)35)19-9-10-26(32)30(20-24-13-11-21(2)12-14-24)22(3)27(33)29-28(4,5)6/h11-18,22H,8-10,19-20H2,1-7H3,(H,29,33)/t22-/m1/s1. The molecular formula is C28H41N3O4S. The van der Waals surface area contributed by atoms with Gasteiger partial charge in [0.1, 0.15) is 6.04 Å². The molecule has 0 unspecified atom stereocenters. The Bertz CT molecular complexity index is 1120. The van der Waals surface area contributed by atoms with Crippen molar-refractivity contribution in [2.24, 2.45) is 0 Å². The Morgan fingerprint density at radius 1 is 0.972 bits per heavy atom. The molecule has 0 saturated carbocycles. The second-order valence-corrected chi connectivity index (χ2v) is 12.3. The summed E-state index contributed by atoms with van der Waals surface area (Å²) in [5.74, 6) is -0.418. The molecule has 0 bridgehead atoms. The monoisotopic (exact) mass is 515 g/mol. The number of hydrogen-bond donors (Lipinski definition) is 1. The molecule has 0 spiro atoms. The molecule has 36 heavy (non-hydrogen) atoms. The van der Waals surface area contributed by atoms with Crippen molar-refractivity contribution < 1.29 is 18.0 Å². The molecule has 0 aliphatic heterocycles. The van der Waals surface area contributed by atoms with Crippen molar-refractivity contribution in [2.45, 2.75) is 78.9 Å². The van der Waals surface area contributed by atoms with E-state index in [1.165, 1.54) is 10.6 Å². The lowest BCUT2D eigenvalue weighted by atomic mass is 10.1. The van der Waals surface area contributed by atoms with Crippen LogP contribution in [-0.2, 0) is 32.6 Å². The maximum Gasteiger partial charge on any atom is 0.242 e. The van der Waals surface area contributed by atoms with Crippen LogP contribution in [0.2, 0.25) is 0 Å². The Balaban J connectivity index is 2.17. The van der Waals surface area contributed by atoms with E-state index in [0.717, 1.165) is 23.1 Å². The summed E-state index contributed by atoms with van der Waals surface area (Å²) < 4.78 is 26.3. The fourth-order valence-corrected chi connectivity index (χ4v) is 4.81. The van der Waals surface area contributed by atoms with Crippen LogP contribution in [-0.4, -0.2) is 49.5 Å². The first-order valence-electron chi connectivity index (χ1n) is 12.4. The molecule has 2 aromatic carbocycles. The zero-order valence-electron chi connectivity index (χ0n) is 22.7. The van der Waals surface area contributed by atoms with Gasteiger partial charge in [-0.1, -0.05) is 48.9 Å². The van der Waals surface area contributed by atoms with E-state index in [9.17, 15) is 18.0 Å². The quantitative estimate of drug-likeness (QED) is 0.479. The SMILES string of the molecule is CCc1ccc(N(CCCC(=O)N(Cc2ccc(C)cc2)[C@H](C)C(=O)NC(C)(C)C)S(C)(=O)=O)cc1. The van der Waals surface area contributed by atoms with Gasteiger partial charge in [-0.2, -0.15) is 0 Å². The van der Waals surface area contributed by atoms with E-state index in [2.05, 4.69) is 5.32 Å². The summed E-state index contributed by atoms with van der Waals surface area (Å²) in [6, 6.07) is 14.6. The largest absolute Gasteiger partial charge is 0.350 e. The summed E-state index contributed by atoms with van der Waals surface area (Å²) in [6.07, 6.45) is 2.49. The van der Waals surface area contributed by atoms with Gasteiger partial charge in [-0.3, -0.25) is 13.9 Å². The fraction of sp³-hybridized carbons (Fsp3) is 0.500. The molecule has 0 radical (unpaired) electrons. The van der Waals surface area contributed by atoms with Gasteiger partial charge >= 0.3 is 0 Å². The topological polar surface area (TPSA) is 86.8 Å². The first-order valence-corrected chi connectivity index (χ1v) is 14.3. The summed E-state index contributed by atoms with van der Waals surface area (Å²) in [4.78, 5) is 27.8. The Morgan fingerprint density at radius 3 is 2.03 bits per heavy atom. The van der Waals surface area contributed by atoms with Crippen molar-refractivity contribution in [3.63, 3.8) is 0 Å². The number of carbonyl (C=O) groups excluding carboxylic acids is 2. The normalized spacial score (nSPS) is 12.6. The molecule has 2 rings (SSSR count). The molecule has 0 aliphatic carbocycles. The van der Waals surface area contributed by atoms with E-state index in [1.807, 2.05) is 71.0 Å². The van der Waals surface area contributed by atoms with E-state index >= 15 is 0 Å². The van der Waals surface area contributed by atoms with Crippen LogP contribution in [0.15, 0.2) is 48.5 Å². The van der Waals surface area contributed by atoms with Gasteiger partial charge in [0, 0.05) is 25.0 Å². The lowest BCUT2D eigenvalue weighted by Crippen LogP contribution is -2.52. The number of carbonyl (C=O) groups is 2. The minimum Gasteiger partial charge on any atom is -0.350 e. The zero-order valence-corrected chi connectivity index (χ0v) is 23.5. The Kier molecular flexibility index (Phi) is 10.1. The van der Waals surface area contributed by atoms with E-state index in [1.54, 1.807) is 24.0 Å². The van der Waals surface area contributed by atoms with Crippen LogP contribution >= 0.6 is 0 Å². The number of rotatable bonds is 11. The zero-order chi connectivity index (χ0) is 27.1. The van der Waals surface area contributed by atoms with E-state index < -0.39 is 21.6 Å². The number of benzene rings is 2. The minimum atomic E-state index is -3.51. The van der Waals surface area contributed by atoms with Crippen molar-refractivity contribution >= 4 is 27.5 Å². The highest BCUT2D eigenvalue weighted by Gasteiger charge is 2.28. The van der Waals surface area contributed by atoms with Crippen LogP contribution < -0.4 is 9.62 Å². The maximum atomic E-state index is 13.4. The highest BCUT2D eigenvalue weighted by Crippen LogP contribution is 2.20. The van der Waals surface area contributed by atoms with Gasteiger partial charge in [0.2, 0.25) is 21.8 Å². The molecule has 2 aromatic rings. The number of hydrogen-bond acceptors (Lipinski definition) is 4. The van der Waals surface area contributed by atoms with Crippen LogP contribution in [0, 0.1) is 6.92 Å². The van der Waals surface area contributed by atoms with Crippen LogP contribution in [0.1, 0.15) is 64.2 Å². The second kappa shape index (κ2) is 12.4. The fourth-order valence-electron chi connectivity index (χ4n) is 3.85. The van der Waals surface area contributed by atoms with Gasteiger partial charge in [-0.15, -0.1) is 0 Å². The van der Waals surface area contributed by atoms with Crippen molar-refractivity contribution in [2.75, 3.05) is 17.1 Å². The summed E-state index contributed by atoms with van der Waals surface area (Å²) >= 11 is 0. The third-order valence-corrected chi connectivity index (χ3v) is 7.12. The van der Waals surface area contributed by atoms with Crippen LogP contribution in [0.5, 0.6) is 0 Å². The predicted octanol–water partition coefficient (Wildman–Crippen LogP) is 4.44. The van der Waals surface area contributed by atoms with Gasteiger partial charge in [-0.25, -0.2) is 8.42 Å². The summed E-state index contributed by atoms with van der Waals surface area (Å²) in [7, 11) is -3.51. The Labute approximate surface area is 216 Å². The van der Waals surface area contributed by atoms with E-state index in [0.29, 0.717) is 18.7 Å². The van der Waals surface area contributed by atoms with Gasteiger partial charge in [0.05, 0.1) is 11.9 Å². The molecule has 8 heteroatoms. The number of nitrogens with one attached hydrogen (secondary N) is 1. The number of anilines is 1. The molecule has 1 atom stereocenters. The number of amides is 2. The Hall–Kier alpha value is -2.87. The molecule has 0 aromatic heterocycles. The van der Waals surface area contributed by atoms with Crippen molar-refractivity contribution in [1.29, 1.82) is 0 Å². The second-order valence-electron chi connectivity index (χ2n) is 10.4. The predicted molar refractivity (Wildman–Crippen MR) is 146 cm³/mol. The molecule has 198 valence electrons. The van der Waals surface area contributed by atoms with Crippen LogP contribution in [0.4, 0.5) is 5.69 Å². The molecule has 2 amide bonds. The third-order valence-electron chi connectivity index (χ3n) is 5.92. The highest BCUT2D eigenvalue weighted by atomic mass is 32.2. The van der Waals surface area contributed by atoms with Crippen molar-refractivity contribution in [3.05, 3.63) is 65.2 Å². The van der Waals surface area contributed by atoms with Crippen molar-refractivity contribution in [1.82, 2.24) is 10.2 Å². The molecule has 0 saturated heterocycles. The number of nitrogens with zero attached hydrogens (tertiary/aromatic N) is 2. The lowest BCUT2D eigenvalue weighted by Gasteiger charge is -2.32. The molecular weight excluding hydrogens is 474 g/mol. The maximum absolute atomic E-state index is 13.4. The smallest absolute Gasteiger partial charge is 0.242 e. The van der Waals surface area contributed by atoms with Gasteiger partial charge in [0.15, 0.2) is 0 Å². The minimum absolute atomic E-state index is 0.123. The number of sulfonamides is 1. The summed E-state index contributed by atoms with van der Waals surface area (Å²) in [5.41, 5.74) is 3.32. The van der Waals surface area contributed by atoms with Crippen molar-refractivity contribution in [3.8, 4) is 0 Å². The Morgan fingerprint density at radius 2 is 1.53 bits per heavy atom. The number of aryl methyl sites for hydroxylation is 2. The van der Waals surface area contributed by atoms with Crippen LogP contribution in [0.25, 0.3) is 0 Å². The average molecular weight is 516 g/mol. The van der Waals surface area contributed by atoms with E-state index in [4.69, 9.17) is 0 Å². The first kappa shape index (κ1) is 29.4. The summed E-state index contributed by atoms with van der Waals surface area (Å²) in [6.45, 7) is 11.9. The van der Waals surface area contributed by atoms with Gasteiger partial charge in [-0.05, 0) is 70.7 Å². The summed E-state index contributed by atoms with van der Waals surface area (Å²) in [5, 5.41) is 2.95. The average Bonchev–Trinajstić information content (AvgIpc) is 2.79. The highest BCUT2D eigenvalue weighted by molar-refractivity contribution is 7.92. The lowest BCUT2D eigenvalue weighted by molar-refractivity contribution is -0.141. The van der Waals surface area contributed by atoms with Crippen LogP contribution in [0.3, 0.4) is 0 Å². The first-order chi connectivity index (χ1) is 16.7. The molecule has 0 aliphatic rings. The van der Waals surface area contributed by atoms with E-state index in [-0.39, 0.29) is 24.8 Å². The molecule has 0 heterocycles. The molecule has 0 fully saturated rings. The molecule has 7 nitrogen and oxygen atoms in total.